The predicted octanol–water partition coefficient (Wildman–Crippen LogP) is 1.65. The maximum absolute atomic E-state index is 11.9. The topological polar surface area (TPSA) is 115 Å². The number of benzene rings is 1. The average molecular weight is 354 g/mol. The number of carbonyl (C=O) groups excluding carboxylic acids is 1. The molecule has 0 spiro atoms. The lowest BCUT2D eigenvalue weighted by Crippen LogP contribution is -2.25. The Morgan fingerprint density at radius 1 is 1.19 bits per heavy atom. The lowest BCUT2D eigenvalue weighted by atomic mass is 10.2. The molecule has 0 unspecified atom stereocenters. The molecular formula is C17H18N6O3. The molecular weight excluding hydrogens is 336 g/mol. The first kappa shape index (κ1) is 17.3. The van der Waals surface area contributed by atoms with Crippen LogP contribution in [0, 0.1) is 0 Å². The van der Waals surface area contributed by atoms with Crippen molar-refractivity contribution in [2.75, 3.05) is 19.0 Å². The Kier molecular flexibility index (Phi) is 5.71. The Bertz CT molecular complexity index is 835. The minimum Gasteiger partial charge on any atom is -0.497 e. The lowest BCUT2D eigenvalue weighted by Gasteiger charge is -2.04. The molecule has 0 aliphatic rings. The van der Waals surface area contributed by atoms with Crippen molar-refractivity contribution in [1.29, 1.82) is 0 Å². The minimum atomic E-state index is -0.141. The monoisotopic (exact) mass is 354 g/mol. The van der Waals surface area contributed by atoms with Gasteiger partial charge < -0.3 is 19.9 Å². The molecule has 0 aliphatic heterocycles. The zero-order valence-corrected chi connectivity index (χ0v) is 14.2. The number of anilines is 1. The van der Waals surface area contributed by atoms with E-state index >= 15 is 0 Å². The maximum Gasteiger partial charge on any atom is 0.246 e. The molecule has 0 atom stereocenters. The van der Waals surface area contributed by atoms with Crippen molar-refractivity contribution in [3.8, 4) is 17.1 Å². The SMILES string of the molecule is COc1ccc(-c2noc(CNC(=O)CCNc3ncccn3)n2)cc1. The standard InChI is InChI=1S/C17H18N6O3/c1-25-13-5-3-12(4-6-13)16-22-15(26-23-16)11-21-14(24)7-10-20-17-18-8-2-9-19-17/h2-6,8-9H,7,10-11H2,1H3,(H,21,24)(H,18,19,20). The molecule has 2 aromatic heterocycles. The number of nitrogens with one attached hydrogen (secondary N) is 2. The van der Waals surface area contributed by atoms with E-state index in [1.165, 1.54) is 0 Å². The molecule has 9 heteroatoms. The number of rotatable bonds is 8. The van der Waals surface area contributed by atoms with Gasteiger partial charge in [0.2, 0.25) is 23.6 Å². The molecule has 3 rings (SSSR count). The molecule has 0 fully saturated rings. The summed E-state index contributed by atoms with van der Waals surface area (Å²) in [6.45, 7) is 0.598. The van der Waals surface area contributed by atoms with Gasteiger partial charge in [-0.1, -0.05) is 5.16 Å². The summed E-state index contributed by atoms with van der Waals surface area (Å²) >= 11 is 0. The van der Waals surface area contributed by atoms with E-state index in [9.17, 15) is 4.79 Å². The summed E-state index contributed by atoms with van der Waals surface area (Å²) in [6.07, 6.45) is 3.54. The van der Waals surface area contributed by atoms with Crippen LogP contribution in [0.25, 0.3) is 11.4 Å². The van der Waals surface area contributed by atoms with Crippen LogP contribution < -0.4 is 15.4 Å². The maximum atomic E-state index is 11.9. The highest BCUT2D eigenvalue weighted by molar-refractivity contribution is 5.76. The van der Waals surface area contributed by atoms with E-state index in [-0.39, 0.29) is 18.9 Å². The molecule has 0 aliphatic carbocycles. The van der Waals surface area contributed by atoms with Crippen LogP contribution in [0.15, 0.2) is 47.2 Å². The number of methoxy groups -OCH3 is 1. The number of aromatic nitrogens is 4. The summed E-state index contributed by atoms with van der Waals surface area (Å²) in [4.78, 5) is 24.2. The predicted molar refractivity (Wildman–Crippen MR) is 93.3 cm³/mol. The number of ether oxygens (including phenoxy) is 1. The third kappa shape index (κ3) is 4.76. The Labute approximate surface area is 149 Å². The first-order valence-electron chi connectivity index (χ1n) is 7.99. The molecule has 26 heavy (non-hydrogen) atoms. The van der Waals surface area contributed by atoms with Crippen molar-refractivity contribution in [2.24, 2.45) is 0 Å². The molecule has 0 saturated heterocycles. The summed E-state index contributed by atoms with van der Waals surface area (Å²) in [6, 6.07) is 9.03. The van der Waals surface area contributed by atoms with Crippen LogP contribution >= 0.6 is 0 Å². The van der Waals surface area contributed by atoms with Gasteiger partial charge in [0.25, 0.3) is 0 Å². The highest BCUT2D eigenvalue weighted by Gasteiger charge is 2.10. The van der Waals surface area contributed by atoms with E-state index < -0.39 is 0 Å². The first-order chi connectivity index (χ1) is 12.7. The van der Waals surface area contributed by atoms with Crippen LogP contribution in [0.1, 0.15) is 12.3 Å². The van der Waals surface area contributed by atoms with Crippen LogP contribution in [0.3, 0.4) is 0 Å². The fourth-order valence-electron chi connectivity index (χ4n) is 2.12. The van der Waals surface area contributed by atoms with Crippen LogP contribution in [-0.2, 0) is 11.3 Å². The van der Waals surface area contributed by atoms with Gasteiger partial charge in [0.15, 0.2) is 0 Å². The Morgan fingerprint density at radius 2 is 1.96 bits per heavy atom. The van der Waals surface area contributed by atoms with Gasteiger partial charge in [-0.25, -0.2) is 9.97 Å². The fourth-order valence-corrected chi connectivity index (χ4v) is 2.12. The lowest BCUT2D eigenvalue weighted by molar-refractivity contribution is -0.121. The molecule has 1 amide bonds. The molecule has 0 saturated carbocycles. The second-order valence-corrected chi connectivity index (χ2v) is 5.27. The molecule has 9 nitrogen and oxygen atoms in total. The number of carbonyl (C=O) groups is 1. The number of hydrogen-bond acceptors (Lipinski definition) is 8. The third-order valence-corrected chi connectivity index (χ3v) is 3.45. The van der Waals surface area contributed by atoms with E-state index in [4.69, 9.17) is 9.26 Å². The highest BCUT2D eigenvalue weighted by Crippen LogP contribution is 2.19. The van der Waals surface area contributed by atoms with Crippen LogP contribution in [0.2, 0.25) is 0 Å². The van der Waals surface area contributed by atoms with Gasteiger partial charge >= 0.3 is 0 Å². The summed E-state index contributed by atoms with van der Waals surface area (Å²) in [7, 11) is 1.60. The second-order valence-electron chi connectivity index (χ2n) is 5.27. The molecule has 2 heterocycles. The molecule has 0 bridgehead atoms. The molecule has 2 N–H and O–H groups in total. The molecule has 0 radical (unpaired) electrons. The van der Waals surface area contributed by atoms with Crippen LogP contribution in [0.5, 0.6) is 5.75 Å². The Morgan fingerprint density at radius 3 is 2.69 bits per heavy atom. The van der Waals surface area contributed by atoms with Crippen LogP contribution in [-0.4, -0.2) is 39.7 Å². The number of amides is 1. The van der Waals surface area contributed by atoms with Gasteiger partial charge in [-0.2, -0.15) is 4.98 Å². The zero-order chi connectivity index (χ0) is 18.2. The van der Waals surface area contributed by atoms with Gasteiger partial charge in [0, 0.05) is 30.9 Å². The van der Waals surface area contributed by atoms with Gasteiger partial charge in [0.1, 0.15) is 5.75 Å². The van der Waals surface area contributed by atoms with Gasteiger partial charge in [-0.15, -0.1) is 0 Å². The first-order valence-corrected chi connectivity index (χ1v) is 7.99. The number of nitrogens with zero attached hydrogens (tertiary/aromatic N) is 4. The van der Waals surface area contributed by atoms with Gasteiger partial charge in [-0.3, -0.25) is 4.79 Å². The fraction of sp³-hybridized carbons (Fsp3) is 0.235. The Hall–Kier alpha value is -3.49. The molecule has 3 aromatic rings. The van der Waals surface area contributed by atoms with E-state index in [0.29, 0.717) is 24.2 Å². The van der Waals surface area contributed by atoms with Crippen molar-refractivity contribution < 1.29 is 14.1 Å². The summed E-state index contributed by atoms with van der Waals surface area (Å²) in [5.74, 6) is 1.89. The minimum absolute atomic E-state index is 0.141. The summed E-state index contributed by atoms with van der Waals surface area (Å²) in [5, 5.41) is 9.61. The number of hydrogen-bond donors (Lipinski definition) is 2. The highest BCUT2D eigenvalue weighted by atomic mass is 16.5. The molecule has 134 valence electrons. The average Bonchev–Trinajstić information content (AvgIpc) is 3.16. The normalized spacial score (nSPS) is 10.3. The van der Waals surface area contributed by atoms with Crippen molar-refractivity contribution in [2.45, 2.75) is 13.0 Å². The van der Waals surface area contributed by atoms with Crippen molar-refractivity contribution in [3.63, 3.8) is 0 Å². The van der Waals surface area contributed by atoms with Crippen molar-refractivity contribution in [3.05, 3.63) is 48.6 Å². The zero-order valence-electron chi connectivity index (χ0n) is 14.2. The summed E-state index contributed by atoms with van der Waals surface area (Å²) < 4.78 is 10.3. The van der Waals surface area contributed by atoms with Crippen molar-refractivity contribution in [1.82, 2.24) is 25.4 Å². The van der Waals surface area contributed by atoms with E-state index in [1.807, 2.05) is 24.3 Å². The second kappa shape index (κ2) is 8.56. The quantitative estimate of drug-likeness (QED) is 0.627. The van der Waals surface area contributed by atoms with E-state index in [1.54, 1.807) is 25.6 Å². The Balaban J connectivity index is 1.44. The smallest absolute Gasteiger partial charge is 0.246 e. The van der Waals surface area contributed by atoms with E-state index in [2.05, 4.69) is 30.7 Å². The molecule has 1 aromatic carbocycles. The van der Waals surface area contributed by atoms with E-state index in [0.717, 1.165) is 11.3 Å². The largest absolute Gasteiger partial charge is 0.497 e. The van der Waals surface area contributed by atoms with Crippen LogP contribution in [0.4, 0.5) is 5.95 Å². The third-order valence-electron chi connectivity index (χ3n) is 3.45. The van der Waals surface area contributed by atoms with Crippen molar-refractivity contribution >= 4 is 11.9 Å². The summed E-state index contributed by atoms with van der Waals surface area (Å²) in [5.41, 5.74) is 0.805. The van der Waals surface area contributed by atoms with Gasteiger partial charge in [0.05, 0.1) is 13.7 Å². The van der Waals surface area contributed by atoms with Gasteiger partial charge in [-0.05, 0) is 30.3 Å².